The van der Waals surface area contributed by atoms with E-state index in [0.717, 1.165) is 12.3 Å². The van der Waals surface area contributed by atoms with E-state index in [1.165, 1.54) is 18.3 Å². The van der Waals surface area contributed by atoms with Gasteiger partial charge in [-0.1, -0.05) is 12.1 Å². The summed E-state index contributed by atoms with van der Waals surface area (Å²) in [6.07, 6.45) is 2.82. The molecule has 20 heavy (non-hydrogen) atoms. The summed E-state index contributed by atoms with van der Waals surface area (Å²) in [7, 11) is -3.86. The monoisotopic (exact) mass is 296 g/mol. The minimum atomic E-state index is -3.86. The molecule has 0 amide bonds. The molecular weight excluding hydrogens is 283 g/mol. The minimum Gasteiger partial charge on any atom is -0.366 e. The molecule has 0 saturated heterocycles. The summed E-state index contributed by atoms with van der Waals surface area (Å²) in [5, 5.41) is 0. The number of rotatable bonds is 5. The zero-order valence-corrected chi connectivity index (χ0v) is 11.3. The van der Waals surface area contributed by atoms with Crippen LogP contribution in [0.1, 0.15) is 5.56 Å². The van der Waals surface area contributed by atoms with E-state index in [2.05, 4.69) is 9.71 Å². The lowest BCUT2D eigenvalue weighted by Gasteiger charge is -2.06. The van der Waals surface area contributed by atoms with Gasteiger partial charge < -0.3 is 4.98 Å². The molecule has 0 bridgehead atoms. The van der Waals surface area contributed by atoms with Gasteiger partial charge in [-0.15, -0.1) is 0 Å². The molecule has 0 aliphatic heterocycles. The summed E-state index contributed by atoms with van der Waals surface area (Å²) in [5.41, 5.74) is 0.0941. The third-order valence-electron chi connectivity index (χ3n) is 2.67. The highest BCUT2D eigenvalue weighted by Gasteiger charge is 2.16. The highest BCUT2D eigenvalue weighted by molar-refractivity contribution is 7.89. The lowest BCUT2D eigenvalue weighted by atomic mass is 10.1. The normalized spacial score (nSPS) is 11.4. The van der Waals surface area contributed by atoms with Crippen LogP contribution in [-0.4, -0.2) is 19.9 Å². The van der Waals surface area contributed by atoms with Crippen molar-refractivity contribution < 1.29 is 12.8 Å². The van der Waals surface area contributed by atoms with E-state index in [-0.39, 0.29) is 17.3 Å². The minimum absolute atomic E-state index is 0.0835. The number of benzene rings is 1. The van der Waals surface area contributed by atoms with E-state index >= 15 is 0 Å². The van der Waals surface area contributed by atoms with E-state index in [1.807, 2.05) is 0 Å². The fourth-order valence-corrected chi connectivity index (χ4v) is 2.79. The first-order chi connectivity index (χ1) is 9.49. The number of hydrogen-bond donors (Lipinski definition) is 2. The van der Waals surface area contributed by atoms with E-state index in [0.29, 0.717) is 12.0 Å². The van der Waals surface area contributed by atoms with Crippen molar-refractivity contribution in [3.8, 4) is 0 Å². The topological polar surface area (TPSA) is 79.0 Å². The van der Waals surface area contributed by atoms with Crippen molar-refractivity contribution in [2.24, 2.45) is 0 Å². The third kappa shape index (κ3) is 3.52. The first-order valence-corrected chi connectivity index (χ1v) is 7.38. The van der Waals surface area contributed by atoms with Gasteiger partial charge in [0, 0.05) is 25.0 Å². The number of aromatic nitrogens is 1. The Morgan fingerprint density at radius 3 is 2.75 bits per heavy atom. The number of H-pyrrole nitrogens is 1. The van der Waals surface area contributed by atoms with Gasteiger partial charge in [0.25, 0.3) is 0 Å². The number of nitrogens with one attached hydrogen (secondary N) is 2. The summed E-state index contributed by atoms with van der Waals surface area (Å²) >= 11 is 0. The third-order valence-corrected chi connectivity index (χ3v) is 4.15. The SMILES string of the molecule is O=c1cc[nH]cc1S(=O)(=O)NCCc1cccc(F)c1. The molecule has 2 N–H and O–H groups in total. The summed E-state index contributed by atoms with van der Waals surface area (Å²) in [6.45, 7) is 0.0835. The molecule has 0 saturated carbocycles. The van der Waals surface area contributed by atoms with Gasteiger partial charge in [0.1, 0.15) is 10.7 Å². The molecule has 0 aliphatic rings. The van der Waals surface area contributed by atoms with Crippen LogP contribution >= 0.6 is 0 Å². The summed E-state index contributed by atoms with van der Waals surface area (Å²) in [5.74, 6) is -0.370. The number of halogens is 1. The molecule has 0 fully saturated rings. The van der Waals surface area contributed by atoms with Crippen LogP contribution in [0, 0.1) is 5.82 Å². The van der Waals surface area contributed by atoms with Gasteiger partial charge in [-0.3, -0.25) is 4.79 Å². The van der Waals surface area contributed by atoms with Crippen LogP contribution in [0.3, 0.4) is 0 Å². The number of hydrogen-bond acceptors (Lipinski definition) is 3. The Morgan fingerprint density at radius 2 is 2.05 bits per heavy atom. The van der Waals surface area contributed by atoms with Gasteiger partial charge in [-0.2, -0.15) is 0 Å². The molecule has 1 heterocycles. The van der Waals surface area contributed by atoms with Crippen molar-refractivity contribution in [2.75, 3.05) is 6.54 Å². The Bertz CT molecular complexity index is 756. The summed E-state index contributed by atoms with van der Waals surface area (Å²) in [4.78, 5) is 13.7. The Morgan fingerprint density at radius 1 is 1.25 bits per heavy atom. The van der Waals surface area contributed by atoms with Gasteiger partial charge >= 0.3 is 0 Å². The Kier molecular flexibility index (Phi) is 4.31. The Hall–Kier alpha value is -1.99. The molecule has 106 valence electrons. The molecule has 0 unspecified atom stereocenters. The summed E-state index contributed by atoms with van der Waals surface area (Å²) in [6, 6.07) is 7.05. The summed E-state index contributed by atoms with van der Waals surface area (Å²) < 4.78 is 39.1. The second kappa shape index (κ2) is 5.98. The molecule has 7 heteroatoms. The molecule has 1 aromatic heterocycles. The quantitative estimate of drug-likeness (QED) is 0.865. The first kappa shape index (κ1) is 14.4. The van der Waals surface area contributed by atoms with Crippen molar-refractivity contribution in [1.29, 1.82) is 0 Å². The van der Waals surface area contributed by atoms with Crippen LogP contribution < -0.4 is 10.2 Å². The molecule has 0 atom stereocenters. The van der Waals surface area contributed by atoms with Gasteiger partial charge in [0.2, 0.25) is 15.5 Å². The van der Waals surface area contributed by atoms with Crippen LogP contribution in [0.2, 0.25) is 0 Å². The predicted octanol–water partition coefficient (Wildman–Crippen LogP) is 1.03. The predicted molar refractivity (Wildman–Crippen MR) is 72.4 cm³/mol. The van der Waals surface area contributed by atoms with Crippen molar-refractivity contribution in [3.63, 3.8) is 0 Å². The molecule has 2 rings (SSSR count). The van der Waals surface area contributed by atoms with Crippen molar-refractivity contribution >= 4 is 10.0 Å². The van der Waals surface area contributed by atoms with Gasteiger partial charge in [0.15, 0.2) is 0 Å². The lowest BCUT2D eigenvalue weighted by Crippen LogP contribution is -2.30. The van der Waals surface area contributed by atoms with Gasteiger partial charge in [-0.05, 0) is 24.1 Å². The van der Waals surface area contributed by atoms with E-state index in [1.54, 1.807) is 12.1 Å². The van der Waals surface area contributed by atoms with Crippen LogP contribution in [0.25, 0.3) is 0 Å². The largest absolute Gasteiger partial charge is 0.366 e. The zero-order chi connectivity index (χ0) is 14.6. The Labute approximate surface area is 115 Å². The number of pyridine rings is 1. The average Bonchev–Trinajstić information content (AvgIpc) is 2.39. The maximum atomic E-state index is 13.0. The number of aromatic amines is 1. The Balaban J connectivity index is 2.04. The van der Waals surface area contributed by atoms with Crippen LogP contribution in [0.5, 0.6) is 0 Å². The van der Waals surface area contributed by atoms with Crippen LogP contribution in [0.15, 0.2) is 52.4 Å². The highest BCUT2D eigenvalue weighted by atomic mass is 32.2. The highest BCUT2D eigenvalue weighted by Crippen LogP contribution is 2.05. The molecule has 1 aromatic carbocycles. The average molecular weight is 296 g/mol. The van der Waals surface area contributed by atoms with Crippen molar-refractivity contribution in [1.82, 2.24) is 9.71 Å². The fraction of sp³-hybridized carbons (Fsp3) is 0.154. The molecule has 0 aliphatic carbocycles. The van der Waals surface area contributed by atoms with Crippen molar-refractivity contribution in [2.45, 2.75) is 11.3 Å². The van der Waals surface area contributed by atoms with E-state index in [9.17, 15) is 17.6 Å². The molecular formula is C13H13FN2O3S. The molecule has 0 radical (unpaired) electrons. The maximum absolute atomic E-state index is 13.0. The number of sulfonamides is 1. The second-order valence-corrected chi connectivity index (χ2v) is 5.89. The molecule has 5 nitrogen and oxygen atoms in total. The first-order valence-electron chi connectivity index (χ1n) is 5.90. The standard InChI is InChI=1S/C13H13FN2O3S/c14-11-3-1-2-10(8-11)4-7-16-20(18,19)13-9-15-6-5-12(13)17/h1-3,5-6,8-9,16H,4,7H2,(H,15,17). The van der Waals surface area contributed by atoms with E-state index in [4.69, 9.17) is 0 Å². The maximum Gasteiger partial charge on any atom is 0.245 e. The molecule has 0 spiro atoms. The van der Waals surface area contributed by atoms with Gasteiger partial charge in [0.05, 0.1) is 0 Å². The van der Waals surface area contributed by atoms with Crippen LogP contribution in [0.4, 0.5) is 4.39 Å². The van der Waals surface area contributed by atoms with E-state index < -0.39 is 15.5 Å². The van der Waals surface area contributed by atoms with Crippen LogP contribution in [-0.2, 0) is 16.4 Å². The van der Waals surface area contributed by atoms with Gasteiger partial charge in [-0.25, -0.2) is 17.5 Å². The van der Waals surface area contributed by atoms with Crippen molar-refractivity contribution in [3.05, 3.63) is 64.3 Å². The lowest BCUT2D eigenvalue weighted by molar-refractivity contribution is 0.580. The smallest absolute Gasteiger partial charge is 0.245 e. The molecule has 2 aromatic rings. The fourth-order valence-electron chi connectivity index (χ4n) is 1.71. The zero-order valence-electron chi connectivity index (χ0n) is 10.5. The second-order valence-electron chi connectivity index (χ2n) is 4.15.